The van der Waals surface area contributed by atoms with E-state index in [4.69, 9.17) is 0 Å². The lowest BCUT2D eigenvalue weighted by atomic mass is 10.2. The normalized spacial score (nSPS) is 19.6. The molecule has 0 saturated carbocycles. The average molecular weight is 394 g/mol. The van der Waals surface area contributed by atoms with Crippen molar-refractivity contribution in [3.8, 4) is 0 Å². The first-order valence-corrected chi connectivity index (χ1v) is 11.0. The van der Waals surface area contributed by atoms with E-state index < -0.39 is 10.0 Å². The Morgan fingerprint density at radius 1 is 0.852 bits per heavy atom. The maximum absolute atomic E-state index is 13.0. The molecule has 0 unspecified atom stereocenters. The second-order valence-corrected chi connectivity index (χ2v) is 9.08. The number of nitrogens with zero attached hydrogens (tertiary/aromatic N) is 3. The first-order valence-electron chi connectivity index (χ1n) is 9.54. The van der Waals surface area contributed by atoms with Crippen molar-refractivity contribution in [1.82, 2.24) is 14.1 Å². The molecule has 0 aromatic heterocycles. The van der Waals surface area contributed by atoms with E-state index in [0.717, 1.165) is 25.7 Å². The zero-order valence-electron chi connectivity index (χ0n) is 15.8. The van der Waals surface area contributed by atoms with Gasteiger partial charge in [-0.05, 0) is 31.0 Å². The number of rotatable bonds is 3. The highest BCUT2D eigenvalue weighted by atomic mass is 32.2. The summed E-state index contributed by atoms with van der Waals surface area (Å²) >= 11 is 0. The van der Waals surface area contributed by atoms with Crippen LogP contribution in [0.25, 0.3) is 0 Å². The number of carbonyl (C=O) groups is 2. The zero-order valence-corrected chi connectivity index (χ0v) is 16.6. The van der Waals surface area contributed by atoms with E-state index >= 15 is 0 Å². The van der Waals surface area contributed by atoms with Crippen LogP contribution in [0.2, 0.25) is 0 Å². The molecule has 0 bridgehead atoms. The third-order valence-electron chi connectivity index (χ3n) is 5.30. The smallest absolute Gasteiger partial charge is 0.254 e. The molecule has 2 heterocycles. The van der Waals surface area contributed by atoms with Crippen molar-refractivity contribution in [3.05, 3.63) is 29.8 Å². The molecule has 3 rings (SSSR count). The summed E-state index contributed by atoms with van der Waals surface area (Å²) in [7, 11) is -3.58. The minimum Gasteiger partial charge on any atom is -0.339 e. The SMILES string of the molecule is CC(=O)N1CCN(C(=O)c2cccc(S(=O)(=O)N3CCCCCC3)c2)CC1. The maximum atomic E-state index is 13.0. The van der Waals surface area contributed by atoms with Gasteiger partial charge in [0.25, 0.3) is 5.91 Å². The molecule has 2 aliphatic heterocycles. The van der Waals surface area contributed by atoms with E-state index in [1.807, 2.05) is 0 Å². The van der Waals surface area contributed by atoms with Crippen LogP contribution in [0.3, 0.4) is 0 Å². The number of amides is 2. The first-order chi connectivity index (χ1) is 12.9. The van der Waals surface area contributed by atoms with Gasteiger partial charge in [0.1, 0.15) is 0 Å². The Hall–Kier alpha value is -1.93. The summed E-state index contributed by atoms with van der Waals surface area (Å²) in [6, 6.07) is 6.33. The highest BCUT2D eigenvalue weighted by molar-refractivity contribution is 7.89. The lowest BCUT2D eigenvalue weighted by molar-refractivity contribution is -0.130. The van der Waals surface area contributed by atoms with Crippen molar-refractivity contribution in [2.24, 2.45) is 0 Å². The van der Waals surface area contributed by atoms with Crippen molar-refractivity contribution in [3.63, 3.8) is 0 Å². The molecule has 0 aliphatic carbocycles. The van der Waals surface area contributed by atoms with Crippen LogP contribution in [0.1, 0.15) is 43.0 Å². The molecule has 0 atom stereocenters. The second-order valence-electron chi connectivity index (χ2n) is 7.14. The third-order valence-corrected chi connectivity index (χ3v) is 7.19. The Morgan fingerprint density at radius 3 is 2.04 bits per heavy atom. The molecule has 27 heavy (non-hydrogen) atoms. The Bertz CT molecular complexity index is 793. The number of hydrogen-bond acceptors (Lipinski definition) is 4. The molecule has 0 N–H and O–H groups in total. The number of piperazine rings is 1. The second kappa shape index (κ2) is 8.39. The fourth-order valence-corrected chi connectivity index (χ4v) is 5.19. The van der Waals surface area contributed by atoms with Crippen LogP contribution in [0.5, 0.6) is 0 Å². The Labute approximate surface area is 161 Å². The van der Waals surface area contributed by atoms with Crippen LogP contribution in [0.4, 0.5) is 0 Å². The van der Waals surface area contributed by atoms with Gasteiger partial charge in [0.2, 0.25) is 15.9 Å². The lowest BCUT2D eigenvalue weighted by Crippen LogP contribution is -2.50. The number of hydrogen-bond donors (Lipinski definition) is 0. The molecule has 2 saturated heterocycles. The fourth-order valence-electron chi connectivity index (χ4n) is 3.63. The van der Waals surface area contributed by atoms with E-state index in [-0.39, 0.29) is 16.7 Å². The summed E-state index contributed by atoms with van der Waals surface area (Å²) in [6.45, 7) is 4.53. The van der Waals surface area contributed by atoms with E-state index in [9.17, 15) is 18.0 Å². The van der Waals surface area contributed by atoms with Gasteiger partial charge in [-0.15, -0.1) is 0 Å². The van der Waals surface area contributed by atoms with Crippen LogP contribution in [0.15, 0.2) is 29.2 Å². The lowest BCUT2D eigenvalue weighted by Gasteiger charge is -2.34. The Morgan fingerprint density at radius 2 is 1.44 bits per heavy atom. The van der Waals surface area contributed by atoms with Gasteiger partial charge in [-0.25, -0.2) is 8.42 Å². The largest absolute Gasteiger partial charge is 0.339 e. The molecule has 0 spiro atoms. The molecule has 2 aliphatic rings. The standard InChI is InChI=1S/C19H27N3O4S/c1-16(23)20-11-13-21(14-12-20)19(24)17-7-6-8-18(15-17)27(25,26)22-9-4-2-3-5-10-22/h6-8,15H,2-5,9-14H2,1H3. The summed E-state index contributed by atoms with van der Waals surface area (Å²) in [5, 5.41) is 0. The zero-order chi connectivity index (χ0) is 19.4. The molecule has 1 aromatic carbocycles. The van der Waals surface area contributed by atoms with Gasteiger partial charge < -0.3 is 9.80 Å². The van der Waals surface area contributed by atoms with Gasteiger partial charge in [-0.1, -0.05) is 18.9 Å². The summed E-state index contributed by atoms with van der Waals surface area (Å²) in [4.78, 5) is 27.8. The molecular weight excluding hydrogens is 366 g/mol. The van der Waals surface area contributed by atoms with Gasteiger partial charge in [0, 0.05) is 51.8 Å². The van der Waals surface area contributed by atoms with Gasteiger partial charge >= 0.3 is 0 Å². The summed E-state index contributed by atoms with van der Waals surface area (Å²) in [5.41, 5.74) is 0.377. The van der Waals surface area contributed by atoms with Crippen molar-refractivity contribution in [2.45, 2.75) is 37.5 Å². The summed E-state index contributed by atoms with van der Waals surface area (Å²) < 4.78 is 27.5. The van der Waals surface area contributed by atoms with Crippen LogP contribution in [-0.2, 0) is 14.8 Å². The van der Waals surface area contributed by atoms with Crippen LogP contribution in [0, 0.1) is 0 Å². The first kappa shape index (κ1) is 19.8. The van der Waals surface area contributed by atoms with E-state index in [0.29, 0.717) is 44.8 Å². The summed E-state index contributed by atoms with van der Waals surface area (Å²) in [6.07, 6.45) is 3.85. The van der Waals surface area contributed by atoms with Crippen molar-refractivity contribution >= 4 is 21.8 Å². The van der Waals surface area contributed by atoms with Gasteiger partial charge in [0.05, 0.1) is 4.90 Å². The maximum Gasteiger partial charge on any atom is 0.254 e. The van der Waals surface area contributed by atoms with Gasteiger partial charge in [0.15, 0.2) is 0 Å². The van der Waals surface area contributed by atoms with Crippen molar-refractivity contribution < 1.29 is 18.0 Å². The number of carbonyl (C=O) groups excluding carboxylic acids is 2. The molecular formula is C19H27N3O4S. The molecule has 1 aromatic rings. The van der Waals surface area contributed by atoms with Crippen LogP contribution >= 0.6 is 0 Å². The molecule has 8 heteroatoms. The van der Waals surface area contributed by atoms with Crippen LogP contribution < -0.4 is 0 Å². The van der Waals surface area contributed by atoms with Crippen LogP contribution in [-0.4, -0.2) is 73.6 Å². The van der Waals surface area contributed by atoms with E-state index in [1.54, 1.807) is 28.0 Å². The average Bonchev–Trinajstić information content (AvgIpc) is 2.97. The predicted molar refractivity (Wildman–Crippen MR) is 102 cm³/mol. The highest BCUT2D eigenvalue weighted by Crippen LogP contribution is 2.22. The minimum absolute atomic E-state index is 0.00707. The Kier molecular flexibility index (Phi) is 6.16. The van der Waals surface area contributed by atoms with Gasteiger partial charge in [-0.2, -0.15) is 4.31 Å². The predicted octanol–water partition coefficient (Wildman–Crippen LogP) is 1.56. The summed E-state index contributed by atoms with van der Waals surface area (Å²) in [5.74, 6) is -0.182. The Balaban J connectivity index is 1.75. The molecule has 2 fully saturated rings. The number of benzene rings is 1. The third kappa shape index (κ3) is 4.50. The number of sulfonamides is 1. The van der Waals surface area contributed by atoms with Crippen molar-refractivity contribution in [2.75, 3.05) is 39.3 Å². The molecule has 2 amide bonds. The molecule has 7 nitrogen and oxygen atoms in total. The van der Waals surface area contributed by atoms with E-state index in [1.165, 1.54) is 17.3 Å². The van der Waals surface area contributed by atoms with E-state index in [2.05, 4.69) is 0 Å². The minimum atomic E-state index is -3.58. The van der Waals surface area contributed by atoms with Crippen molar-refractivity contribution in [1.29, 1.82) is 0 Å². The molecule has 148 valence electrons. The monoisotopic (exact) mass is 393 g/mol. The quantitative estimate of drug-likeness (QED) is 0.781. The fraction of sp³-hybridized carbons (Fsp3) is 0.579. The highest BCUT2D eigenvalue weighted by Gasteiger charge is 2.27. The topological polar surface area (TPSA) is 78.0 Å². The molecule has 0 radical (unpaired) electrons. The van der Waals surface area contributed by atoms with Gasteiger partial charge in [-0.3, -0.25) is 9.59 Å².